The SMILES string of the molecule is O=C(N/N=C/C12c3ccccc3C(c3ccccc31)[C@@H]1C(=O)N(c3ccc(Br)cc3)C(=O)[C@H]12)c1cccnc1. The molecule has 0 unspecified atom stereocenters. The number of aromatic nitrogens is 1. The first-order chi connectivity index (χ1) is 19.0. The quantitative estimate of drug-likeness (QED) is 0.214. The highest BCUT2D eigenvalue weighted by Crippen LogP contribution is 2.63. The minimum atomic E-state index is -1.05. The zero-order chi connectivity index (χ0) is 26.7. The summed E-state index contributed by atoms with van der Waals surface area (Å²) in [5.74, 6) is -2.50. The van der Waals surface area contributed by atoms with Crippen LogP contribution in [0.1, 0.15) is 38.5 Å². The highest BCUT2D eigenvalue weighted by Gasteiger charge is 2.68. The van der Waals surface area contributed by atoms with Crippen molar-refractivity contribution < 1.29 is 14.4 Å². The number of imide groups is 1. The Morgan fingerprint density at radius 1 is 0.897 bits per heavy atom. The number of halogens is 1. The number of carbonyl (C=O) groups excluding carboxylic acids is 3. The molecule has 0 radical (unpaired) electrons. The second kappa shape index (κ2) is 8.81. The van der Waals surface area contributed by atoms with Gasteiger partial charge in [0.25, 0.3) is 5.91 Å². The van der Waals surface area contributed by atoms with Crippen molar-refractivity contribution in [2.45, 2.75) is 11.3 Å². The minimum absolute atomic E-state index is 0.224. The van der Waals surface area contributed by atoms with Crippen LogP contribution in [-0.2, 0) is 15.0 Å². The third-order valence-electron chi connectivity index (χ3n) is 8.13. The van der Waals surface area contributed by atoms with E-state index in [4.69, 9.17) is 0 Å². The van der Waals surface area contributed by atoms with E-state index in [0.717, 1.165) is 26.7 Å². The minimum Gasteiger partial charge on any atom is -0.274 e. The summed E-state index contributed by atoms with van der Waals surface area (Å²) in [6, 6.07) is 26.4. The van der Waals surface area contributed by atoms with Gasteiger partial charge in [-0.1, -0.05) is 64.5 Å². The van der Waals surface area contributed by atoms with Crippen LogP contribution in [0, 0.1) is 11.8 Å². The first-order valence-corrected chi connectivity index (χ1v) is 13.4. The molecular weight excluding hydrogens is 556 g/mol. The predicted octanol–water partition coefficient (Wildman–Crippen LogP) is 4.81. The van der Waals surface area contributed by atoms with Crippen molar-refractivity contribution in [3.8, 4) is 0 Å². The van der Waals surface area contributed by atoms with Crippen molar-refractivity contribution in [1.82, 2.24) is 10.4 Å². The Labute approximate surface area is 232 Å². The van der Waals surface area contributed by atoms with E-state index < -0.39 is 23.2 Å². The molecule has 1 aliphatic heterocycles. The molecule has 2 atom stereocenters. The summed E-state index contributed by atoms with van der Waals surface area (Å²) in [6.45, 7) is 0. The molecule has 4 aliphatic rings. The molecular formula is C31H21BrN4O3. The first-order valence-electron chi connectivity index (χ1n) is 12.6. The number of pyridine rings is 1. The van der Waals surface area contributed by atoms with Crippen LogP contribution in [0.4, 0.5) is 5.69 Å². The fraction of sp³-hybridized carbons (Fsp3) is 0.129. The van der Waals surface area contributed by atoms with E-state index in [9.17, 15) is 14.4 Å². The highest BCUT2D eigenvalue weighted by molar-refractivity contribution is 9.10. The van der Waals surface area contributed by atoms with Gasteiger partial charge < -0.3 is 0 Å². The van der Waals surface area contributed by atoms with Crippen LogP contribution in [0.15, 0.2) is 107 Å². The number of hydrogen-bond donors (Lipinski definition) is 1. The topological polar surface area (TPSA) is 91.7 Å². The molecule has 1 aromatic heterocycles. The lowest BCUT2D eigenvalue weighted by atomic mass is 9.47. The number of nitrogens with zero attached hydrogens (tertiary/aromatic N) is 3. The number of hydrogen-bond acceptors (Lipinski definition) is 5. The summed E-state index contributed by atoms with van der Waals surface area (Å²) in [5, 5.41) is 4.43. The second-order valence-electron chi connectivity index (χ2n) is 9.95. The molecule has 8 heteroatoms. The molecule has 39 heavy (non-hydrogen) atoms. The van der Waals surface area contributed by atoms with E-state index in [1.807, 2.05) is 60.7 Å². The number of anilines is 1. The fourth-order valence-electron chi connectivity index (χ4n) is 6.65. The Bertz CT molecular complexity index is 1640. The van der Waals surface area contributed by atoms with E-state index in [1.54, 1.807) is 36.7 Å². The fourth-order valence-corrected chi connectivity index (χ4v) is 6.91. The van der Waals surface area contributed by atoms with Gasteiger partial charge in [-0.2, -0.15) is 5.10 Å². The zero-order valence-corrected chi connectivity index (χ0v) is 22.1. The summed E-state index contributed by atoms with van der Waals surface area (Å²) < 4.78 is 0.857. The molecule has 1 fully saturated rings. The van der Waals surface area contributed by atoms with Crippen molar-refractivity contribution in [2.75, 3.05) is 4.90 Å². The van der Waals surface area contributed by atoms with E-state index in [2.05, 4.69) is 31.4 Å². The average Bonchev–Trinajstić information content (AvgIpc) is 3.25. The Hall–Kier alpha value is -4.43. The van der Waals surface area contributed by atoms with Gasteiger partial charge in [-0.3, -0.25) is 19.4 Å². The van der Waals surface area contributed by atoms with Gasteiger partial charge in [0.2, 0.25) is 11.8 Å². The van der Waals surface area contributed by atoms with Gasteiger partial charge in [-0.25, -0.2) is 10.3 Å². The second-order valence-corrected chi connectivity index (χ2v) is 10.9. The molecule has 4 aromatic rings. The number of carbonyl (C=O) groups is 3. The Morgan fingerprint density at radius 3 is 2.21 bits per heavy atom. The van der Waals surface area contributed by atoms with Crippen molar-refractivity contribution in [3.63, 3.8) is 0 Å². The normalized spacial score (nSPS) is 24.4. The summed E-state index contributed by atoms with van der Waals surface area (Å²) in [4.78, 5) is 46.5. The smallest absolute Gasteiger partial charge is 0.272 e. The first kappa shape index (κ1) is 23.7. The lowest BCUT2D eigenvalue weighted by molar-refractivity contribution is -0.122. The van der Waals surface area contributed by atoms with Crippen molar-refractivity contribution in [2.24, 2.45) is 16.9 Å². The Balaban J connectivity index is 1.41. The average molecular weight is 577 g/mol. The zero-order valence-electron chi connectivity index (χ0n) is 20.5. The molecule has 3 aliphatic carbocycles. The van der Waals surface area contributed by atoms with Crippen LogP contribution in [0.2, 0.25) is 0 Å². The van der Waals surface area contributed by atoms with Crippen LogP contribution in [0.3, 0.4) is 0 Å². The molecule has 190 valence electrons. The number of rotatable bonds is 4. The van der Waals surface area contributed by atoms with Crippen molar-refractivity contribution >= 4 is 45.6 Å². The maximum atomic E-state index is 14.3. The summed E-state index contributed by atoms with van der Waals surface area (Å²) in [5.41, 5.74) is 6.32. The summed E-state index contributed by atoms with van der Waals surface area (Å²) >= 11 is 3.43. The van der Waals surface area contributed by atoms with Crippen LogP contribution in [0.5, 0.6) is 0 Å². The van der Waals surface area contributed by atoms with Gasteiger partial charge in [-0.15, -0.1) is 0 Å². The van der Waals surface area contributed by atoms with Crippen molar-refractivity contribution in [1.29, 1.82) is 0 Å². The predicted molar refractivity (Wildman–Crippen MR) is 149 cm³/mol. The van der Waals surface area contributed by atoms with Gasteiger partial charge in [0.1, 0.15) is 0 Å². The van der Waals surface area contributed by atoms with Gasteiger partial charge in [-0.05, 0) is 58.7 Å². The van der Waals surface area contributed by atoms with Crippen LogP contribution < -0.4 is 10.3 Å². The maximum absolute atomic E-state index is 14.3. The third-order valence-corrected chi connectivity index (χ3v) is 8.66. The molecule has 1 saturated heterocycles. The van der Waals surface area contributed by atoms with E-state index in [1.165, 1.54) is 11.1 Å². The van der Waals surface area contributed by atoms with Gasteiger partial charge in [0.05, 0.1) is 28.5 Å². The molecule has 0 spiro atoms. The summed E-state index contributed by atoms with van der Waals surface area (Å²) in [6.07, 6.45) is 4.71. The molecule has 2 heterocycles. The molecule has 0 saturated carbocycles. The van der Waals surface area contributed by atoms with Crippen LogP contribution >= 0.6 is 15.9 Å². The molecule has 2 bridgehead atoms. The van der Waals surface area contributed by atoms with Crippen molar-refractivity contribution in [3.05, 3.63) is 130 Å². The Morgan fingerprint density at radius 2 is 1.56 bits per heavy atom. The number of amides is 3. The van der Waals surface area contributed by atoms with E-state index in [0.29, 0.717) is 11.3 Å². The van der Waals surface area contributed by atoms with Crippen LogP contribution in [-0.4, -0.2) is 28.9 Å². The highest BCUT2D eigenvalue weighted by atomic mass is 79.9. The standard InChI is InChI=1S/C31H21BrN4O3/c32-19-11-13-20(14-12-19)36-29(38)26-25-21-7-1-3-9-23(21)31(27(26)30(36)39,24-10-4-2-8-22(24)25)17-34-35-28(37)18-6-5-15-33-16-18/h1-17,25-27H,(H,35,37)/b34-17+/t25?,26-,27-,31?/m0/s1. The van der Waals surface area contributed by atoms with Gasteiger partial charge >= 0.3 is 0 Å². The number of hydrazone groups is 1. The monoisotopic (exact) mass is 576 g/mol. The molecule has 8 rings (SSSR count). The maximum Gasteiger partial charge on any atom is 0.272 e. The molecule has 3 aromatic carbocycles. The number of benzene rings is 3. The molecule has 7 nitrogen and oxygen atoms in total. The summed E-state index contributed by atoms with van der Waals surface area (Å²) in [7, 11) is 0. The van der Waals surface area contributed by atoms with Crippen LogP contribution in [0.25, 0.3) is 0 Å². The number of nitrogens with one attached hydrogen (secondary N) is 1. The molecule has 1 N–H and O–H groups in total. The van der Waals surface area contributed by atoms with Gasteiger partial charge in [0, 0.05) is 29.0 Å². The Kier molecular flexibility index (Phi) is 5.35. The van der Waals surface area contributed by atoms with E-state index in [-0.39, 0.29) is 17.7 Å². The van der Waals surface area contributed by atoms with E-state index >= 15 is 0 Å². The lowest BCUT2D eigenvalue weighted by Crippen LogP contribution is -2.54. The molecule has 3 amide bonds. The lowest BCUT2D eigenvalue weighted by Gasteiger charge is -2.52. The largest absolute Gasteiger partial charge is 0.274 e. The van der Waals surface area contributed by atoms with Gasteiger partial charge in [0.15, 0.2) is 0 Å². The third kappa shape index (κ3) is 3.31.